The molecule has 0 radical (unpaired) electrons. The maximum absolute atomic E-state index is 5.10. The Morgan fingerprint density at radius 1 is 1.20 bits per heavy atom. The number of rotatable bonds is 10. The summed E-state index contributed by atoms with van der Waals surface area (Å²) in [6.45, 7) is 9.63. The predicted octanol–water partition coefficient (Wildman–Crippen LogP) is 3.83. The lowest BCUT2D eigenvalue weighted by molar-refractivity contribution is 0.195. The van der Waals surface area contributed by atoms with Gasteiger partial charge in [0.1, 0.15) is 0 Å². The molecule has 0 amide bonds. The summed E-state index contributed by atoms with van der Waals surface area (Å²) in [4.78, 5) is 0. The van der Waals surface area contributed by atoms with Gasteiger partial charge in [-0.1, -0.05) is 56.5 Å². The molecule has 1 aromatic carbocycles. The Bertz CT molecular complexity index is 347. The predicted molar refractivity (Wildman–Crippen MR) is 87.2 cm³/mol. The number of benzene rings is 1. The second kappa shape index (κ2) is 9.95. The van der Waals surface area contributed by atoms with Gasteiger partial charge in [-0.15, -0.1) is 0 Å². The molecule has 1 rings (SSSR count). The number of hydrogen-bond acceptors (Lipinski definition) is 2. The minimum atomic E-state index is 0.703. The van der Waals surface area contributed by atoms with Crippen LogP contribution in [0.15, 0.2) is 24.3 Å². The van der Waals surface area contributed by atoms with Gasteiger partial charge >= 0.3 is 0 Å². The third-order valence-corrected chi connectivity index (χ3v) is 4.06. The van der Waals surface area contributed by atoms with Crippen molar-refractivity contribution in [1.82, 2.24) is 5.32 Å². The molecule has 20 heavy (non-hydrogen) atoms. The lowest BCUT2D eigenvalue weighted by Crippen LogP contribution is -2.31. The lowest BCUT2D eigenvalue weighted by Gasteiger charge is -2.24. The molecule has 0 aromatic heterocycles. The molecule has 2 nitrogen and oxygen atoms in total. The molecular formula is C18H31NO. The highest BCUT2D eigenvalue weighted by Crippen LogP contribution is 2.21. The van der Waals surface area contributed by atoms with Gasteiger partial charge in [0.05, 0.1) is 6.61 Å². The summed E-state index contributed by atoms with van der Waals surface area (Å²) >= 11 is 0. The third kappa shape index (κ3) is 6.53. The fraction of sp³-hybridized carbons (Fsp3) is 0.667. The highest BCUT2D eigenvalue weighted by atomic mass is 16.5. The summed E-state index contributed by atoms with van der Waals surface area (Å²) in [6.07, 6.45) is 3.74. The first kappa shape index (κ1) is 17.2. The molecule has 0 saturated carbocycles. The molecule has 114 valence electrons. The van der Waals surface area contributed by atoms with Crippen LogP contribution in [0.25, 0.3) is 0 Å². The Morgan fingerprint density at radius 2 is 1.90 bits per heavy atom. The molecule has 0 saturated heterocycles. The Kier molecular flexibility index (Phi) is 8.56. The largest absolute Gasteiger partial charge is 0.383 e. The van der Waals surface area contributed by atoms with Crippen LogP contribution < -0.4 is 5.32 Å². The summed E-state index contributed by atoms with van der Waals surface area (Å²) in [5, 5.41) is 3.53. The Balaban J connectivity index is 2.54. The van der Waals surface area contributed by atoms with E-state index in [1.807, 2.05) is 0 Å². The molecule has 0 aliphatic heterocycles. The fourth-order valence-electron chi connectivity index (χ4n) is 2.65. The normalized spacial score (nSPS) is 14.2. The van der Waals surface area contributed by atoms with Crippen molar-refractivity contribution in [3.63, 3.8) is 0 Å². The molecule has 2 heteroatoms. The van der Waals surface area contributed by atoms with Gasteiger partial charge in [0.15, 0.2) is 0 Å². The van der Waals surface area contributed by atoms with Crippen LogP contribution in [0.3, 0.4) is 0 Å². The minimum absolute atomic E-state index is 0.703. The van der Waals surface area contributed by atoms with Crippen molar-refractivity contribution in [1.29, 1.82) is 0 Å². The van der Waals surface area contributed by atoms with Gasteiger partial charge in [0.25, 0.3) is 0 Å². The first-order chi connectivity index (χ1) is 9.67. The van der Waals surface area contributed by atoms with Gasteiger partial charge in [0.2, 0.25) is 0 Å². The topological polar surface area (TPSA) is 21.3 Å². The second-order valence-electron chi connectivity index (χ2n) is 5.91. The molecule has 0 aliphatic rings. The monoisotopic (exact) mass is 277 g/mol. The summed E-state index contributed by atoms with van der Waals surface area (Å²) in [7, 11) is 1.76. The van der Waals surface area contributed by atoms with Crippen LogP contribution in [0.5, 0.6) is 0 Å². The molecule has 2 atom stereocenters. The molecule has 0 fully saturated rings. The summed E-state index contributed by atoms with van der Waals surface area (Å²) in [6, 6.07) is 8.98. The average molecular weight is 277 g/mol. The summed E-state index contributed by atoms with van der Waals surface area (Å²) < 4.78 is 5.10. The van der Waals surface area contributed by atoms with Crippen molar-refractivity contribution in [3.8, 4) is 0 Å². The van der Waals surface area contributed by atoms with E-state index in [1.165, 1.54) is 30.4 Å². The Morgan fingerprint density at radius 3 is 2.50 bits per heavy atom. The van der Waals surface area contributed by atoms with Crippen molar-refractivity contribution < 1.29 is 4.74 Å². The van der Waals surface area contributed by atoms with Gasteiger partial charge in [-0.2, -0.15) is 0 Å². The highest BCUT2D eigenvalue weighted by Gasteiger charge is 2.16. The quantitative estimate of drug-likeness (QED) is 0.656. The zero-order valence-corrected chi connectivity index (χ0v) is 13.6. The highest BCUT2D eigenvalue weighted by molar-refractivity contribution is 5.21. The van der Waals surface area contributed by atoms with Crippen molar-refractivity contribution in [2.45, 2.75) is 40.0 Å². The standard InChI is InChI=1S/C18H31NO/c1-5-6-16(3)18(14-19-11-12-20-4)13-17-9-7-15(2)8-10-17/h7-10,16,18-19H,5-6,11-14H2,1-4H3. The first-order valence-electron chi connectivity index (χ1n) is 7.92. The average Bonchev–Trinajstić information content (AvgIpc) is 2.44. The number of nitrogens with one attached hydrogen (secondary N) is 1. The molecule has 0 heterocycles. The molecular weight excluding hydrogens is 246 g/mol. The van der Waals surface area contributed by atoms with Gasteiger partial charge in [-0.3, -0.25) is 0 Å². The SMILES string of the molecule is CCCC(C)C(CNCCOC)Cc1ccc(C)cc1. The fourth-order valence-corrected chi connectivity index (χ4v) is 2.65. The van der Waals surface area contributed by atoms with E-state index in [2.05, 4.69) is 50.4 Å². The maximum atomic E-state index is 5.10. The number of aryl methyl sites for hydroxylation is 1. The molecule has 1 aromatic rings. The van der Waals surface area contributed by atoms with Crippen molar-refractivity contribution in [3.05, 3.63) is 35.4 Å². The molecule has 0 aliphatic carbocycles. The van der Waals surface area contributed by atoms with Crippen LogP contribution in [0.1, 0.15) is 37.8 Å². The van der Waals surface area contributed by atoms with Gasteiger partial charge in [-0.05, 0) is 37.3 Å². The van der Waals surface area contributed by atoms with Crippen LogP contribution >= 0.6 is 0 Å². The van der Waals surface area contributed by atoms with E-state index < -0.39 is 0 Å². The lowest BCUT2D eigenvalue weighted by atomic mass is 9.85. The summed E-state index contributed by atoms with van der Waals surface area (Å²) in [5.41, 5.74) is 2.79. The van der Waals surface area contributed by atoms with Gasteiger partial charge < -0.3 is 10.1 Å². The minimum Gasteiger partial charge on any atom is -0.383 e. The van der Waals surface area contributed by atoms with E-state index in [4.69, 9.17) is 4.74 Å². The van der Waals surface area contributed by atoms with E-state index in [-0.39, 0.29) is 0 Å². The first-order valence-corrected chi connectivity index (χ1v) is 7.92. The van der Waals surface area contributed by atoms with Crippen molar-refractivity contribution in [2.24, 2.45) is 11.8 Å². The van der Waals surface area contributed by atoms with E-state index in [1.54, 1.807) is 7.11 Å². The Labute approximate surface area is 124 Å². The third-order valence-electron chi connectivity index (χ3n) is 4.06. The maximum Gasteiger partial charge on any atom is 0.0587 e. The van der Waals surface area contributed by atoms with Gasteiger partial charge in [-0.25, -0.2) is 0 Å². The Hall–Kier alpha value is -0.860. The number of hydrogen-bond donors (Lipinski definition) is 1. The van der Waals surface area contributed by atoms with Crippen LogP contribution in [-0.2, 0) is 11.2 Å². The molecule has 0 spiro atoms. The number of ether oxygens (including phenoxy) is 1. The molecule has 2 unspecified atom stereocenters. The van der Waals surface area contributed by atoms with Crippen LogP contribution in [0.2, 0.25) is 0 Å². The van der Waals surface area contributed by atoms with E-state index in [0.29, 0.717) is 5.92 Å². The van der Waals surface area contributed by atoms with E-state index in [0.717, 1.165) is 25.6 Å². The van der Waals surface area contributed by atoms with Crippen molar-refractivity contribution in [2.75, 3.05) is 26.8 Å². The van der Waals surface area contributed by atoms with Crippen LogP contribution in [0, 0.1) is 18.8 Å². The zero-order valence-electron chi connectivity index (χ0n) is 13.6. The van der Waals surface area contributed by atoms with Crippen LogP contribution in [-0.4, -0.2) is 26.8 Å². The molecule has 1 N–H and O–H groups in total. The van der Waals surface area contributed by atoms with Crippen molar-refractivity contribution >= 4 is 0 Å². The van der Waals surface area contributed by atoms with Crippen LogP contribution in [0.4, 0.5) is 0 Å². The number of methoxy groups -OCH3 is 1. The smallest absolute Gasteiger partial charge is 0.0587 e. The molecule has 0 bridgehead atoms. The van der Waals surface area contributed by atoms with Gasteiger partial charge in [0, 0.05) is 13.7 Å². The van der Waals surface area contributed by atoms with E-state index in [9.17, 15) is 0 Å². The zero-order chi connectivity index (χ0) is 14.8. The second-order valence-corrected chi connectivity index (χ2v) is 5.91. The summed E-state index contributed by atoms with van der Waals surface area (Å²) in [5.74, 6) is 1.46. The van der Waals surface area contributed by atoms with E-state index >= 15 is 0 Å².